The molecule has 0 saturated carbocycles. The number of hydrogen-bond acceptors (Lipinski definition) is 2. The number of hydrogen-bond donors (Lipinski definition) is 4. The Morgan fingerprint density at radius 1 is 1.39 bits per heavy atom. The third-order valence-electron chi connectivity index (χ3n) is 2.09. The highest BCUT2D eigenvalue weighted by Gasteiger charge is 2.07. The topological polar surface area (TPSA) is 91.0 Å². The molecular formula is C11H14F2N4O. The van der Waals surface area contributed by atoms with Gasteiger partial charge in [-0.15, -0.1) is 0 Å². The van der Waals surface area contributed by atoms with Crippen molar-refractivity contribution in [3.8, 4) is 0 Å². The van der Waals surface area contributed by atoms with Gasteiger partial charge in [0, 0.05) is 19.0 Å². The molecule has 5 N–H and O–H groups in total. The molecule has 0 unspecified atom stereocenters. The van der Waals surface area contributed by atoms with Crippen LogP contribution in [-0.4, -0.2) is 18.4 Å². The number of anilines is 1. The Morgan fingerprint density at radius 2 is 2.11 bits per heavy atom. The summed E-state index contributed by atoms with van der Waals surface area (Å²) < 4.78 is 25.8. The van der Waals surface area contributed by atoms with Gasteiger partial charge in [0.15, 0.2) is 0 Å². The second-order valence-corrected chi connectivity index (χ2v) is 3.63. The standard InChI is InChI=1S/C11H14F2N4O/c12-7-3-4-9(8(13)6-7)17-11(18)16-5-1-2-10(14)15/h3-4,6H,1-2,5H2,(H3,14,15)(H2,16,17,18). The van der Waals surface area contributed by atoms with Crippen molar-refractivity contribution in [3.63, 3.8) is 0 Å². The highest BCUT2D eigenvalue weighted by Crippen LogP contribution is 2.14. The van der Waals surface area contributed by atoms with Crippen LogP contribution in [0.15, 0.2) is 18.2 Å². The van der Waals surface area contributed by atoms with Gasteiger partial charge in [0.1, 0.15) is 11.6 Å². The number of halogens is 2. The van der Waals surface area contributed by atoms with E-state index in [0.717, 1.165) is 12.1 Å². The first-order valence-corrected chi connectivity index (χ1v) is 5.32. The molecule has 0 aliphatic carbocycles. The Kier molecular flexibility index (Phi) is 5.04. The summed E-state index contributed by atoms with van der Waals surface area (Å²) in [5.41, 5.74) is 5.04. The molecule has 0 fully saturated rings. The van der Waals surface area contributed by atoms with E-state index in [-0.39, 0.29) is 11.5 Å². The number of urea groups is 1. The van der Waals surface area contributed by atoms with E-state index in [1.807, 2.05) is 0 Å². The lowest BCUT2D eigenvalue weighted by molar-refractivity contribution is 0.252. The molecule has 2 amide bonds. The van der Waals surface area contributed by atoms with Gasteiger partial charge in [-0.05, 0) is 18.6 Å². The Labute approximate surface area is 103 Å². The van der Waals surface area contributed by atoms with Crippen LogP contribution in [-0.2, 0) is 0 Å². The van der Waals surface area contributed by atoms with Crippen molar-refractivity contribution in [2.24, 2.45) is 5.73 Å². The highest BCUT2D eigenvalue weighted by atomic mass is 19.1. The van der Waals surface area contributed by atoms with Gasteiger partial charge >= 0.3 is 6.03 Å². The van der Waals surface area contributed by atoms with Crippen LogP contribution < -0.4 is 16.4 Å². The molecular weight excluding hydrogens is 242 g/mol. The summed E-state index contributed by atoms with van der Waals surface area (Å²) in [5, 5.41) is 11.7. The van der Waals surface area contributed by atoms with E-state index in [1.165, 1.54) is 0 Å². The predicted octanol–water partition coefficient (Wildman–Crippen LogP) is 1.80. The Morgan fingerprint density at radius 3 is 2.72 bits per heavy atom. The third-order valence-corrected chi connectivity index (χ3v) is 2.09. The molecule has 1 aromatic rings. The Bertz CT molecular complexity index is 451. The molecule has 0 atom stereocenters. The van der Waals surface area contributed by atoms with Crippen molar-refractivity contribution in [2.45, 2.75) is 12.8 Å². The molecule has 0 aromatic heterocycles. The second kappa shape index (κ2) is 6.53. The smallest absolute Gasteiger partial charge is 0.319 e. The van der Waals surface area contributed by atoms with E-state index in [4.69, 9.17) is 11.1 Å². The van der Waals surface area contributed by atoms with Crippen molar-refractivity contribution in [1.29, 1.82) is 5.41 Å². The van der Waals surface area contributed by atoms with Gasteiger partial charge in [-0.3, -0.25) is 5.41 Å². The molecule has 0 bridgehead atoms. The number of rotatable bonds is 5. The monoisotopic (exact) mass is 256 g/mol. The number of nitrogens with two attached hydrogens (primary N) is 1. The van der Waals surface area contributed by atoms with E-state index < -0.39 is 17.7 Å². The van der Waals surface area contributed by atoms with Gasteiger partial charge in [0.2, 0.25) is 0 Å². The quantitative estimate of drug-likeness (QED) is 0.367. The lowest BCUT2D eigenvalue weighted by Gasteiger charge is -2.08. The molecule has 0 saturated heterocycles. The first-order chi connectivity index (χ1) is 8.49. The minimum atomic E-state index is -0.839. The average Bonchev–Trinajstić information content (AvgIpc) is 2.28. The maximum Gasteiger partial charge on any atom is 0.319 e. The molecule has 7 heteroatoms. The molecule has 0 aliphatic rings. The van der Waals surface area contributed by atoms with Gasteiger partial charge in [0.05, 0.1) is 11.5 Å². The van der Waals surface area contributed by atoms with Crippen LogP contribution in [0.1, 0.15) is 12.8 Å². The summed E-state index contributed by atoms with van der Waals surface area (Å²) in [7, 11) is 0. The van der Waals surface area contributed by atoms with Crippen LogP contribution in [0.3, 0.4) is 0 Å². The fraction of sp³-hybridized carbons (Fsp3) is 0.273. The van der Waals surface area contributed by atoms with Crippen molar-refractivity contribution in [1.82, 2.24) is 5.32 Å². The maximum absolute atomic E-state index is 13.2. The first kappa shape index (κ1) is 13.9. The third kappa shape index (κ3) is 4.77. The van der Waals surface area contributed by atoms with Crippen LogP contribution >= 0.6 is 0 Å². The minimum absolute atomic E-state index is 0.0433. The van der Waals surface area contributed by atoms with Gasteiger partial charge in [-0.2, -0.15) is 0 Å². The lowest BCUT2D eigenvalue weighted by atomic mass is 10.3. The number of amidine groups is 1. The van der Waals surface area contributed by atoms with Crippen molar-refractivity contribution in [3.05, 3.63) is 29.8 Å². The molecule has 0 spiro atoms. The van der Waals surface area contributed by atoms with E-state index in [0.29, 0.717) is 25.5 Å². The number of nitrogens with one attached hydrogen (secondary N) is 3. The van der Waals surface area contributed by atoms with Gasteiger partial charge in [0.25, 0.3) is 0 Å². The van der Waals surface area contributed by atoms with E-state index in [9.17, 15) is 13.6 Å². The zero-order valence-electron chi connectivity index (χ0n) is 9.59. The Hall–Kier alpha value is -2.18. The molecule has 5 nitrogen and oxygen atoms in total. The second-order valence-electron chi connectivity index (χ2n) is 3.63. The normalized spacial score (nSPS) is 9.89. The van der Waals surface area contributed by atoms with Crippen LogP contribution in [0.5, 0.6) is 0 Å². The average molecular weight is 256 g/mol. The van der Waals surface area contributed by atoms with Gasteiger partial charge in [-0.25, -0.2) is 13.6 Å². The summed E-state index contributed by atoms with van der Waals surface area (Å²) >= 11 is 0. The zero-order valence-corrected chi connectivity index (χ0v) is 9.59. The molecule has 98 valence electrons. The number of amides is 2. The van der Waals surface area contributed by atoms with Crippen molar-refractivity contribution < 1.29 is 13.6 Å². The van der Waals surface area contributed by atoms with Crippen LogP contribution in [0.4, 0.5) is 19.3 Å². The van der Waals surface area contributed by atoms with Gasteiger partial charge < -0.3 is 16.4 Å². The van der Waals surface area contributed by atoms with Crippen molar-refractivity contribution in [2.75, 3.05) is 11.9 Å². The SMILES string of the molecule is N=C(N)CCCNC(=O)Nc1ccc(F)cc1F. The van der Waals surface area contributed by atoms with E-state index >= 15 is 0 Å². The Balaban J connectivity index is 2.38. The maximum atomic E-state index is 13.2. The van der Waals surface area contributed by atoms with Crippen LogP contribution in [0.25, 0.3) is 0 Å². The summed E-state index contributed by atoms with van der Waals surface area (Å²) in [6.45, 7) is 0.314. The molecule has 0 heterocycles. The first-order valence-electron chi connectivity index (χ1n) is 5.32. The fourth-order valence-corrected chi connectivity index (χ4v) is 1.24. The molecule has 0 aliphatic heterocycles. The number of carbonyl (C=O) groups excluding carboxylic acids is 1. The summed E-state index contributed by atoms with van der Waals surface area (Å²) in [6, 6.07) is 2.28. The van der Waals surface area contributed by atoms with Gasteiger partial charge in [-0.1, -0.05) is 0 Å². The largest absolute Gasteiger partial charge is 0.388 e. The molecule has 18 heavy (non-hydrogen) atoms. The highest BCUT2D eigenvalue weighted by molar-refractivity contribution is 5.89. The zero-order chi connectivity index (χ0) is 13.5. The van der Waals surface area contributed by atoms with E-state index in [1.54, 1.807) is 0 Å². The molecule has 1 rings (SSSR count). The number of benzene rings is 1. The summed E-state index contributed by atoms with van der Waals surface area (Å²) in [4.78, 5) is 11.3. The van der Waals surface area contributed by atoms with E-state index in [2.05, 4.69) is 10.6 Å². The minimum Gasteiger partial charge on any atom is -0.388 e. The summed E-state index contributed by atoms with van der Waals surface area (Å²) in [5.74, 6) is -1.50. The van der Waals surface area contributed by atoms with Crippen LogP contribution in [0.2, 0.25) is 0 Å². The fourth-order valence-electron chi connectivity index (χ4n) is 1.24. The molecule has 0 radical (unpaired) electrons. The molecule has 1 aromatic carbocycles. The number of carbonyl (C=O) groups is 1. The predicted molar refractivity (Wildman–Crippen MR) is 64.5 cm³/mol. The summed E-state index contributed by atoms with van der Waals surface area (Å²) in [6.07, 6.45) is 0.903. The lowest BCUT2D eigenvalue weighted by Crippen LogP contribution is -2.30. The van der Waals surface area contributed by atoms with Crippen molar-refractivity contribution >= 4 is 17.6 Å². The van der Waals surface area contributed by atoms with Crippen LogP contribution in [0, 0.1) is 17.0 Å².